The van der Waals surface area contributed by atoms with Gasteiger partial charge in [0.2, 0.25) is 5.91 Å². The molecule has 0 unspecified atom stereocenters. The van der Waals surface area contributed by atoms with Crippen molar-refractivity contribution in [2.24, 2.45) is 0 Å². The van der Waals surface area contributed by atoms with E-state index in [0.29, 0.717) is 31.0 Å². The lowest BCUT2D eigenvalue weighted by Crippen LogP contribution is -2.25. The molecule has 0 spiro atoms. The van der Waals surface area contributed by atoms with Crippen LogP contribution in [0.2, 0.25) is 0 Å². The van der Waals surface area contributed by atoms with E-state index in [1.807, 2.05) is 0 Å². The first-order valence-electron chi connectivity index (χ1n) is 8.25. The number of rotatable bonds is 7. The third kappa shape index (κ3) is 4.66. The normalized spacial score (nSPS) is 10.7. The number of benzene rings is 1. The zero-order valence-corrected chi connectivity index (χ0v) is 14.0. The van der Waals surface area contributed by atoms with Gasteiger partial charge < -0.3 is 9.73 Å². The van der Waals surface area contributed by atoms with E-state index in [0.717, 1.165) is 5.56 Å². The Morgan fingerprint density at radius 1 is 1.15 bits per heavy atom. The molecule has 0 saturated heterocycles. The molecule has 0 saturated carbocycles. The topological polar surface area (TPSA) is 77.1 Å². The second-order valence-corrected chi connectivity index (χ2v) is 5.75. The quantitative estimate of drug-likeness (QED) is 0.707. The summed E-state index contributed by atoms with van der Waals surface area (Å²) < 4.78 is 19.5. The van der Waals surface area contributed by atoms with E-state index in [2.05, 4.69) is 10.4 Å². The highest BCUT2D eigenvalue weighted by Crippen LogP contribution is 2.15. The molecule has 1 amide bonds. The smallest absolute Gasteiger partial charge is 0.266 e. The standard InChI is InChI=1S/C19H18FN3O3/c20-15-7-5-14(6-8-15)17-9-10-19(25)23(22-17)11-1-4-18(24)21-13-16-3-2-12-26-16/h2-3,5-10,12H,1,4,11,13H2,(H,21,24). The number of aryl methyl sites for hydroxylation is 1. The average Bonchev–Trinajstić information content (AvgIpc) is 3.16. The van der Waals surface area contributed by atoms with Crippen LogP contribution in [0.5, 0.6) is 0 Å². The van der Waals surface area contributed by atoms with Crippen molar-refractivity contribution >= 4 is 5.91 Å². The third-order valence-corrected chi connectivity index (χ3v) is 3.82. The number of amides is 1. The molecular weight excluding hydrogens is 337 g/mol. The lowest BCUT2D eigenvalue weighted by Gasteiger charge is -2.07. The lowest BCUT2D eigenvalue weighted by atomic mass is 10.1. The van der Waals surface area contributed by atoms with Crippen molar-refractivity contribution in [3.8, 4) is 11.3 Å². The van der Waals surface area contributed by atoms with Gasteiger partial charge in [0.1, 0.15) is 11.6 Å². The molecule has 26 heavy (non-hydrogen) atoms. The van der Waals surface area contributed by atoms with Gasteiger partial charge in [-0.2, -0.15) is 5.10 Å². The fourth-order valence-electron chi connectivity index (χ4n) is 2.46. The monoisotopic (exact) mass is 355 g/mol. The molecule has 0 radical (unpaired) electrons. The number of carbonyl (C=O) groups is 1. The molecule has 2 heterocycles. The lowest BCUT2D eigenvalue weighted by molar-refractivity contribution is -0.121. The van der Waals surface area contributed by atoms with Gasteiger partial charge in [-0.3, -0.25) is 9.59 Å². The summed E-state index contributed by atoms with van der Waals surface area (Å²) in [5.74, 6) is 0.231. The summed E-state index contributed by atoms with van der Waals surface area (Å²) >= 11 is 0. The average molecular weight is 355 g/mol. The van der Waals surface area contributed by atoms with Crippen molar-refractivity contribution in [3.05, 3.63) is 76.7 Å². The summed E-state index contributed by atoms with van der Waals surface area (Å²) in [6, 6.07) is 12.5. The molecule has 1 aromatic carbocycles. The Hall–Kier alpha value is -3.22. The molecule has 134 valence electrons. The van der Waals surface area contributed by atoms with Crippen molar-refractivity contribution in [1.29, 1.82) is 0 Å². The van der Waals surface area contributed by atoms with Crippen LogP contribution in [-0.4, -0.2) is 15.7 Å². The number of nitrogens with zero attached hydrogens (tertiary/aromatic N) is 2. The predicted octanol–water partition coefficient (Wildman–Crippen LogP) is 2.74. The van der Waals surface area contributed by atoms with Crippen LogP contribution in [0.15, 0.2) is 64.0 Å². The summed E-state index contributed by atoms with van der Waals surface area (Å²) in [6.45, 7) is 0.659. The van der Waals surface area contributed by atoms with Crippen molar-refractivity contribution in [1.82, 2.24) is 15.1 Å². The highest BCUT2D eigenvalue weighted by Gasteiger charge is 2.06. The minimum absolute atomic E-state index is 0.121. The first-order chi connectivity index (χ1) is 12.6. The SMILES string of the molecule is O=C(CCCn1nc(-c2ccc(F)cc2)ccc1=O)NCc1ccco1. The van der Waals surface area contributed by atoms with Gasteiger partial charge in [0.15, 0.2) is 0 Å². The van der Waals surface area contributed by atoms with Crippen molar-refractivity contribution in [2.45, 2.75) is 25.9 Å². The fourth-order valence-corrected chi connectivity index (χ4v) is 2.46. The molecule has 0 bridgehead atoms. The molecule has 0 fully saturated rings. The maximum Gasteiger partial charge on any atom is 0.266 e. The highest BCUT2D eigenvalue weighted by atomic mass is 19.1. The van der Waals surface area contributed by atoms with E-state index < -0.39 is 0 Å². The number of hydrogen-bond acceptors (Lipinski definition) is 4. The number of nitrogens with one attached hydrogen (secondary N) is 1. The zero-order chi connectivity index (χ0) is 18.4. The fraction of sp³-hybridized carbons (Fsp3) is 0.211. The molecule has 3 rings (SSSR count). The van der Waals surface area contributed by atoms with Crippen molar-refractivity contribution in [2.75, 3.05) is 0 Å². The molecular formula is C19H18FN3O3. The van der Waals surface area contributed by atoms with Gasteiger partial charge >= 0.3 is 0 Å². The first kappa shape index (κ1) is 17.6. The summed E-state index contributed by atoms with van der Waals surface area (Å²) in [6.07, 6.45) is 2.30. The Morgan fingerprint density at radius 2 is 1.96 bits per heavy atom. The van der Waals surface area contributed by atoms with Gasteiger partial charge in [-0.05, 0) is 48.9 Å². The van der Waals surface area contributed by atoms with Crippen molar-refractivity contribution < 1.29 is 13.6 Å². The number of aromatic nitrogens is 2. The molecule has 0 aliphatic carbocycles. The molecule has 2 aromatic heterocycles. The van der Waals surface area contributed by atoms with E-state index in [1.165, 1.54) is 22.9 Å². The summed E-state index contributed by atoms with van der Waals surface area (Å²) in [5.41, 5.74) is 1.05. The molecule has 3 aromatic rings. The van der Waals surface area contributed by atoms with E-state index in [-0.39, 0.29) is 23.7 Å². The molecule has 0 atom stereocenters. The number of halogens is 1. The Kier molecular flexibility index (Phi) is 5.58. The molecule has 7 heteroatoms. The van der Waals surface area contributed by atoms with E-state index in [9.17, 15) is 14.0 Å². The summed E-state index contributed by atoms with van der Waals surface area (Å²) in [7, 11) is 0. The first-order valence-corrected chi connectivity index (χ1v) is 8.25. The molecule has 6 nitrogen and oxygen atoms in total. The third-order valence-electron chi connectivity index (χ3n) is 3.82. The van der Waals surface area contributed by atoms with Crippen LogP contribution in [0.3, 0.4) is 0 Å². The van der Waals surface area contributed by atoms with E-state index >= 15 is 0 Å². The second kappa shape index (κ2) is 8.24. The van der Waals surface area contributed by atoms with Gasteiger partial charge in [-0.25, -0.2) is 9.07 Å². The van der Waals surface area contributed by atoms with Gasteiger partial charge in [-0.1, -0.05) is 0 Å². The summed E-state index contributed by atoms with van der Waals surface area (Å²) in [5, 5.41) is 7.04. The maximum atomic E-state index is 13.0. The van der Waals surface area contributed by atoms with E-state index in [1.54, 1.807) is 36.6 Å². The van der Waals surface area contributed by atoms with Crippen LogP contribution in [0.25, 0.3) is 11.3 Å². The minimum Gasteiger partial charge on any atom is -0.467 e. The largest absolute Gasteiger partial charge is 0.467 e. The van der Waals surface area contributed by atoms with Crippen LogP contribution < -0.4 is 10.9 Å². The second-order valence-electron chi connectivity index (χ2n) is 5.75. The summed E-state index contributed by atoms with van der Waals surface area (Å²) in [4.78, 5) is 23.8. The zero-order valence-electron chi connectivity index (χ0n) is 14.0. The Morgan fingerprint density at radius 3 is 2.69 bits per heavy atom. The van der Waals surface area contributed by atoms with Crippen LogP contribution in [0.4, 0.5) is 4.39 Å². The van der Waals surface area contributed by atoms with Gasteiger partial charge in [0.25, 0.3) is 5.56 Å². The molecule has 0 aliphatic heterocycles. The van der Waals surface area contributed by atoms with Crippen LogP contribution in [0.1, 0.15) is 18.6 Å². The van der Waals surface area contributed by atoms with Crippen LogP contribution in [-0.2, 0) is 17.9 Å². The van der Waals surface area contributed by atoms with Crippen molar-refractivity contribution in [3.63, 3.8) is 0 Å². The van der Waals surface area contributed by atoms with Gasteiger partial charge in [0.05, 0.1) is 18.5 Å². The molecule has 1 N–H and O–H groups in total. The van der Waals surface area contributed by atoms with Crippen LogP contribution in [0, 0.1) is 5.82 Å². The van der Waals surface area contributed by atoms with Crippen LogP contribution >= 0.6 is 0 Å². The predicted molar refractivity (Wildman–Crippen MR) is 93.7 cm³/mol. The maximum absolute atomic E-state index is 13.0. The Balaban J connectivity index is 1.55. The van der Waals surface area contributed by atoms with E-state index in [4.69, 9.17) is 4.42 Å². The highest BCUT2D eigenvalue weighted by molar-refractivity contribution is 5.75. The van der Waals surface area contributed by atoms with Gasteiger partial charge in [-0.15, -0.1) is 0 Å². The Bertz CT molecular complexity index is 918. The number of carbonyl (C=O) groups excluding carboxylic acids is 1. The van der Waals surface area contributed by atoms with Gasteiger partial charge in [0, 0.05) is 24.6 Å². The number of furan rings is 1. The number of hydrogen-bond donors (Lipinski definition) is 1. The molecule has 0 aliphatic rings. The Labute approximate surface area is 149 Å². The minimum atomic E-state index is -0.331.